The molecule has 2 nitrogen and oxygen atoms in total. The highest BCUT2D eigenvalue weighted by Crippen LogP contribution is 2.39. The molecule has 112 valence electrons. The van der Waals surface area contributed by atoms with E-state index in [9.17, 15) is 4.79 Å². The van der Waals surface area contributed by atoms with Gasteiger partial charge in [0.2, 0.25) is 0 Å². The van der Waals surface area contributed by atoms with Crippen LogP contribution in [0.5, 0.6) is 0 Å². The Kier molecular flexibility index (Phi) is 3.45. The topological polar surface area (TPSA) is 20.3 Å². The van der Waals surface area contributed by atoms with E-state index in [1.165, 1.54) is 28.3 Å². The van der Waals surface area contributed by atoms with Gasteiger partial charge in [-0.1, -0.05) is 42.5 Å². The van der Waals surface area contributed by atoms with Gasteiger partial charge in [0, 0.05) is 12.1 Å². The molecule has 1 heterocycles. The summed E-state index contributed by atoms with van der Waals surface area (Å²) in [5, 5.41) is 2.41. The molecule has 2 aromatic rings. The first-order chi connectivity index (χ1) is 10.8. The predicted octanol–water partition coefficient (Wildman–Crippen LogP) is 4.31. The van der Waals surface area contributed by atoms with Crippen LogP contribution in [-0.2, 0) is 11.3 Å². The normalized spacial score (nSPS) is 21.6. The third kappa shape index (κ3) is 2.15. The van der Waals surface area contributed by atoms with Crippen LogP contribution in [0.3, 0.4) is 0 Å². The second-order valence-electron chi connectivity index (χ2n) is 6.16. The molecule has 3 heteroatoms. The molecular formula is C19H19NOS. The summed E-state index contributed by atoms with van der Waals surface area (Å²) in [7, 11) is 0. The third-order valence-corrected chi connectivity index (χ3v) is 5.45. The van der Waals surface area contributed by atoms with Crippen LogP contribution in [0.15, 0.2) is 53.6 Å². The minimum atomic E-state index is -0.0400. The molecule has 1 unspecified atom stereocenters. The van der Waals surface area contributed by atoms with Crippen molar-refractivity contribution >= 4 is 29.3 Å². The van der Waals surface area contributed by atoms with Gasteiger partial charge in [0.1, 0.15) is 0 Å². The molecule has 0 fully saturated rings. The number of hydrogen-bond donors (Lipinski definition) is 1. The quantitative estimate of drug-likeness (QED) is 0.820. The maximum absolute atomic E-state index is 12.7. The van der Waals surface area contributed by atoms with Crippen molar-refractivity contribution in [3.63, 3.8) is 0 Å². The summed E-state index contributed by atoms with van der Waals surface area (Å²) in [4.78, 5) is 14.6. The van der Waals surface area contributed by atoms with Crippen LogP contribution in [0.2, 0.25) is 0 Å². The fraction of sp³-hybridized carbons (Fsp3) is 0.316. The van der Waals surface area contributed by atoms with Gasteiger partial charge in [-0.2, -0.15) is 0 Å². The fourth-order valence-electron chi connectivity index (χ4n) is 3.70. The molecule has 2 aromatic carbocycles. The molecule has 0 saturated heterocycles. The lowest BCUT2D eigenvalue weighted by Gasteiger charge is -2.24. The van der Waals surface area contributed by atoms with Gasteiger partial charge in [-0.3, -0.25) is 4.79 Å². The summed E-state index contributed by atoms with van der Waals surface area (Å²) in [6, 6.07) is 14.7. The highest BCUT2D eigenvalue weighted by Gasteiger charge is 2.37. The summed E-state index contributed by atoms with van der Waals surface area (Å²) in [6.45, 7) is 0.640. The number of benzene rings is 2. The van der Waals surface area contributed by atoms with E-state index < -0.39 is 0 Å². The van der Waals surface area contributed by atoms with Crippen molar-refractivity contribution in [3.8, 4) is 0 Å². The van der Waals surface area contributed by atoms with Crippen molar-refractivity contribution < 1.29 is 4.79 Å². The van der Waals surface area contributed by atoms with Crippen LogP contribution in [0.1, 0.15) is 31.2 Å². The molecule has 0 bridgehead atoms. The minimum Gasteiger partial charge on any atom is -0.319 e. The number of nitrogens with zero attached hydrogens (tertiary/aromatic N) is 1. The van der Waals surface area contributed by atoms with Gasteiger partial charge in [0.25, 0.3) is 5.91 Å². The Bertz CT molecular complexity index is 775. The maximum Gasteiger partial charge on any atom is 0.251 e. The summed E-state index contributed by atoms with van der Waals surface area (Å²) in [5.41, 5.74) is 3.50. The minimum absolute atomic E-state index is 0.0400. The number of thiol groups is 1. The van der Waals surface area contributed by atoms with E-state index in [4.69, 9.17) is 12.6 Å². The molecular weight excluding hydrogens is 290 g/mol. The van der Waals surface area contributed by atoms with Gasteiger partial charge in [-0.25, -0.2) is 0 Å². The van der Waals surface area contributed by atoms with Gasteiger partial charge < -0.3 is 4.90 Å². The molecule has 22 heavy (non-hydrogen) atoms. The Morgan fingerprint density at radius 3 is 2.68 bits per heavy atom. The standard InChI is InChI=1S/C19H19NOS/c21-18-16-10-3-4-11-17(16)19(22)20(18)12-14-8-5-7-13-6-1-2-9-15(13)14/h1-2,5-9,19,22H,3-4,10-12H2. The Hall–Kier alpha value is -1.74. The van der Waals surface area contributed by atoms with Gasteiger partial charge >= 0.3 is 0 Å². The lowest BCUT2D eigenvalue weighted by atomic mass is 9.94. The Morgan fingerprint density at radius 1 is 1.05 bits per heavy atom. The van der Waals surface area contributed by atoms with E-state index in [-0.39, 0.29) is 11.3 Å². The number of amides is 1. The zero-order chi connectivity index (χ0) is 15.1. The average Bonchev–Trinajstić information content (AvgIpc) is 2.81. The molecule has 0 saturated carbocycles. The number of fused-ring (bicyclic) bond motifs is 1. The average molecular weight is 309 g/mol. The summed E-state index contributed by atoms with van der Waals surface area (Å²) in [6.07, 6.45) is 4.27. The number of carbonyl (C=O) groups is 1. The lowest BCUT2D eigenvalue weighted by molar-refractivity contribution is -0.126. The summed E-state index contributed by atoms with van der Waals surface area (Å²) < 4.78 is 0. The van der Waals surface area contributed by atoms with Gasteiger partial charge in [-0.05, 0) is 47.6 Å². The van der Waals surface area contributed by atoms with E-state index in [0.29, 0.717) is 6.54 Å². The van der Waals surface area contributed by atoms with Crippen molar-refractivity contribution in [1.82, 2.24) is 4.90 Å². The van der Waals surface area contributed by atoms with Crippen molar-refractivity contribution in [3.05, 3.63) is 59.2 Å². The van der Waals surface area contributed by atoms with E-state index in [2.05, 4.69) is 42.5 Å². The summed E-state index contributed by atoms with van der Waals surface area (Å²) in [5.74, 6) is 0.197. The molecule has 1 amide bonds. The van der Waals surface area contributed by atoms with Crippen molar-refractivity contribution in [2.24, 2.45) is 0 Å². The van der Waals surface area contributed by atoms with Crippen LogP contribution in [0, 0.1) is 0 Å². The first kappa shape index (κ1) is 13.9. The fourth-order valence-corrected chi connectivity index (χ4v) is 4.17. The molecule has 0 N–H and O–H groups in total. The Balaban J connectivity index is 1.68. The monoisotopic (exact) mass is 309 g/mol. The van der Waals surface area contributed by atoms with E-state index in [1.807, 2.05) is 4.90 Å². The summed E-state index contributed by atoms with van der Waals surface area (Å²) >= 11 is 4.74. The molecule has 1 aliphatic heterocycles. The first-order valence-corrected chi connectivity index (χ1v) is 8.45. The number of rotatable bonds is 2. The Morgan fingerprint density at radius 2 is 1.82 bits per heavy atom. The maximum atomic E-state index is 12.7. The highest BCUT2D eigenvalue weighted by atomic mass is 32.1. The zero-order valence-electron chi connectivity index (χ0n) is 12.5. The second kappa shape index (κ2) is 5.47. The van der Waals surface area contributed by atoms with Crippen LogP contribution in [0.25, 0.3) is 10.8 Å². The van der Waals surface area contributed by atoms with Gasteiger partial charge in [0.15, 0.2) is 0 Å². The Labute approximate surface area is 136 Å². The smallest absolute Gasteiger partial charge is 0.251 e. The van der Waals surface area contributed by atoms with Crippen LogP contribution in [-0.4, -0.2) is 16.2 Å². The predicted molar refractivity (Wildman–Crippen MR) is 92.8 cm³/mol. The zero-order valence-corrected chi connectivity index (χ0v) is 13.4. The van der Waals surface area contributed by atoms with Crippen molar-refractivity contribution in [1.29, 1.82) is 0 Å². The largest absolute Gasteiger partial charge is 0.319 e. The van der Waals surface area contributed by atoms with E-state index in [1.54, 1.807) is 0 Å². The van der Waals surface area contributed by atoms with Gasteiger partial charge in [0.05, 0.1) is 5.37 Å². The SMILES string of the molecule is O=C1C2=C(CCCC2)C(S)N1Cc1cccc2ccccc12. The first-order valence-electron chi connectivity index (χ1n) is 7.93. The molecule has 1 aliphatic carbocycles. The number of hydrogen-bond acceptors (Lipinski definition) is 2. The number of carbonyl (C=O) groups excluding carboxylic acids is 1. The van der Waals surface area contributed by atoms with Crippen molar-refractivity contribution in [2.45, 2.75) is 37.6 Å². The van der Waals surface area contributed by atoms with E-state index >= 15 is 0 Å². The molecule has 0 spiro atoms. The lowest BCUT2D eigenvalue weighted by Crippen LogP contribution is -2.31. The van der Waals surface area contributed by atoms with Crippen LogP contribution < -0.4 is 0 Å². The second-order valence-corrected chi connectivity index (χ2v) is 6.65. The molecule has 4 rings (SSSR count). The third-order valence-electron chi connectivity index (χ3n) is 4.86. The van der Waals surface area contributed by atoms with E-state index in [0.717, 1.165) is 24.8 Å². The van der Waals surface area contributed by atoms with Crippen molar-refractivity contribution in [2.75, 3.05) is 0 Å². The van der Waals surface area contributed by atoms with Crippen LogP contribution >= 0.6 is 12.6 Å². The van der Waals surface area contributed by atoms with Gasteiger partial charge in [-0.15, -0.1) is 12.6 Å². The molecule has 0 radical (unpaired) electrons. The molecule has 1 atom stereocenters. The molecule has 2 aliphatic rings. The molecule has 0 aromatic heterocycles. The van der Waals surface area contributed by atoms with Crippen LogP contribution in [0.4, 0.5) is 0 Å². The highest BCUT2D eigenvalue weighted by molar-refractivity contribution is 7.81.